The van der Waals surface area contributed by atoms with Crippen LogP contribution < -0.4 is 16.2 Å². The molecule has 0 aliphatic rings. The van der Waals surface area contributed by atoms with Crippen LogP contribution >= 0.6 is 0 Å². The van der Waals surface area contributed by atoms with Crippen molar-refractivity contribution in [1.29, 1.82) is 0 Å². The van der Waals surface area contributed by atoms with Gasteiger partial charge in [-0.25, -0.2) is 4.79 Å². The smallest absolute Gasteiger partial charge is 0.319 e. The summed E-state index contributed by atoms with van der Waals surface area (Å²) in [5.41, 5.74) is 3.12. The molecule has 2 amide bonds. The highest BCUT2D eigenvalue weighted by Crippen LogP contribution is 2.18. The summed E-state index contributed by atoms with van der Waals surface area (Å²) in [5.74, 6) is -1.04. The SMILES string of the molecule is Cc1ccc([C@H](CC(=O)O)NC(=O)Nc2c(C)ccn(Cc3ccccc3)c2=O)cc1. The summed E-state index contributed by atoms with van der Waals surface area (Å²) in [4.78, 5) is 36.9. The lowest BCUT2D eigenvalue weighted by Gasteiger charge is -2.19. The number of aryl methyl sites for hydroxylation is 2. The zero-order valence-electron chi connectivity index (χ0n) is 17.5. The summed E-state index contributed by atoms with van der Waals surface area (Å²) in [6.45, 7) is 4.04. The number of hydrogen-bond donors (Lipinski definition) is 3. The molecule has 31 heavy (non-hydrogen) atoms. The van der Waals surface area contributed by atoms with Gasteiger partial charge in [0.25, 0.3) is 5.56 Å². The van der Waals surface area contributed by atoms with Crippen molar-refractivity contribution in [3.8, 4) is 0 Å². The molecule has 2 aromatic carbocycles. The fourth-order valence-corrected chi connectivity index (χ4v) is 3.26. The Morgan fingerprint density at radius 2 is 1.68 bits per heavy atom. The molecule has 7 heteroatoms. The molecule has 0 radical (unpaired) electrons. The van der Waals surface area contributed by atoms with Crippen molar-refractivity contribution in [3.63, 3.8) is 0 Å². The number of benzene rings is 2. The van der Waals surface area contributed by atoms with Crippen molar-refractivity contribution in [2.24, 2.45) is 0 Å². The van der Waals surface area contributed by atoms with Crippen molar-refractivity contribution in [1.82, 2.24) is 9.88 Å². The standard InChI is InChI=1S/C24H25N3O4/c1-16-8-10-19(11-9-16)20(14-21(28)29)25-24(31)26-22-17(2)12-13-27(23(22)30)15-18-6-4-3-5-7-18/h3-13,20H,14-15H2,1-2H3,(H,28,29)(H2,25,26,31)/t20-/m0/s1. The van der Waals surface area contributed by atoms with Crippen molar-refractivity contribution in [3.05, 3.63) is 99.5 Å². The zero-order valence-corrected chi connectivity index (χ0v) is 17.5. The lowest BCUT2D eigenvalue weighted by molar-refractivity contribution is -0.137. The summed E-state index contributed by atoms with van der Waals surface area (Å²) < 4.78 is 1.52. The highest BCUT2D eigenvalue weighted by Gasteiger charge is 2.19. The molecular formula is C24H25N3O4. The number of nitrogens with zero attached hydrogens (tertiary/aromatic N) is 1. The number of urea groups is 1. The first-order valence-corrected chi connectivity index (χ1v) is 9.93. The second kappa shape index (κ2) is 9.75. The monoisotopic (exact) mass is 419 g/mol. The number of carbonyl (C=O) groups is 2. The summed E-state index contributed by atoms with van der Waals surface area (Å²) in [7, 11) is 0. The molecule has 1 aromatic heterocycles. The van der Waals surface area contributed by atoms with E-state index in [2.05, 4.69) is 10.6 Å². The van der Waals surface area contributed by atoms with Crippen LogP contribution in [0.2, 0.25) is 0 Å². The maximum atomic E-state index is 12.9. The van der Waals surface area contributed by atoms with E-state index in [1.165, 1.54) is 4.57 Å². The van der Waals surface area contributed by atoms with Crippen molar-refractivity contribution >= 4 is 17.7 Å². The summed E-state index contributed by atoms with van der Waals surface area (Å²) in [6, 6.07) is 17.2. The van der Waals surface area contributed by atoms with Crippen LogP contribution in [-0.4, -0.2) is 21.7 Å². The number of hydrogen-bond acceptors (Lipinski definition) is 3. The van der Waals surface area contributed by atoms with Gasteiger partial charge in [-0.15, -0.1) is 0 Å². The predicted molar refractivity (Wildman–Crippen MR) is 119 cm³/mol. The average Bonchev–Trinajstić information content (AvgIpc) is 2.74. The Labute approximate surface area is 180 Å². The molecule has 0 saturated heterocycles. The molecule has 0 unspecified atom stereocenters. The number of anilines is 1. The van der Waals surface area contributed by atoms with Gasteiger partial charge in [0, 0.05) is 6.20 Å². The molecule has 0 saturated carbocycles. The van der Waals surface area contributed by atoms with Gasteiger partial charge >= 0.3 is 12.0 Å². The molecule has 160 valence electrons. The zero-order chi connectivity index (χ0) is 22.4. The average molecular weight is 419 g/mol. The molecule has 3 aromatic rings. The van der Waals surface area contributed by atoms with E-state index >= 15 is 0 Å². The van der Waals surface area contributed by atoms with E-state index in [0.717, 1.165) is 11.1 Å². The van der Waals surface area contributed by atoms with E-state index in [4.69, 9.17) is 0 Å². The Kier molecular flexibility index (Phi) is 6.87. The van der Waals surface area contributed by atoms with E-state index in [-0.39, 0.29) is 17.7 Å². The topological polar surface area (TPSA) is 100 Å². The minimum Gasteiger partial charge on any atom is -0.481 e. The number of aliphatic carboxylic acids is 1. The van der Waals surface area contributed by atoms with Gasteiger partial charge in [0.1, 0.15) is 5.69 Å². The lowest BCUT2D eigenvalue weighted by atomic mass is 10.0. The molecule has 0 bridgehead atoms. The highest BCUT2D eigenvalue weighted by atomic mass is 16.4. The molecule has 3 N–H and O–H groups in total. The summed E-state index contributed by atoms with van der Waals surface area (Å²) in [6.07, 6.45) is 1.41. The molecule has 0 aliphatic carbocycles. The first-order valence-electron chi connectivity index (χ1n) is 9.93. The first kappa shape index (κ1) is 21.8. The number of pyridine rings is 1. The van der Waals surface area contributed by atoms with Crippen molar-refractivity contribution < 1.29 is 14.7 Å². The molecule has 1 atom stereocenters. The quantitative estimate of drug-likeness (QED) is 0.541. The van der Waals surface area contributed by atoms with Gasteiger partial charge in [0.05, 0.1) is 19.0 Å². The van der Waals surface area contributed by atoms with Gasteiger partial charge in [0.2, 0.25) is 0 Å². The van der Waals surface area contributed by atoms with Gasteiger partial charge in [0.15, 0.2) is 0 Å². The molecule has 0 fully saturated rings. The number of nitrogens with one attached hydrogen (secondary N) is 2. The maximum Gasteiger partial charge on any atom is 0.319 e. The van der Waals surface area contributed by atoms with Crippen LogP contribution in [0.15, 0.2) is 71.7 Å². The minimum absolute atomic E-state index is 0.161. The maximum absolute atomic E-state index is 12.9. The molecular weight excluding hydrogens is 394 g/mol. The second-order valence-electron chi connectivity index (χ2n) is 7.45. The fraction of sp³-hybridized carbons (Fsp3) is 0.208. The van der Waals surface area contributed by atoms with Crippen molar-refractivity contribution in [2.45, 2.75) is 32.9 Å². The summed E-state index contributed by atoms with van der Waals surface area (Å²) in [5, 5.41) is 14.5. The molecule has 1 heterocycles. The lowest BCUT2D eigenvalue weighted by Crippen LogP contribution is -2.36. The molecule has 0 spiro atoms. The molecule has 7 nitrogen and oxygen atoms in total. The predicted octanol–water partition coefficient (Wildman–Crippen LogP) is 3.85. The van der Waals surface area contributed by atoms with Crippen LogP contribution in [0.4, 0.5) is 10.5 Å². The van der Waals surface area contributed by atoms with Gasteiger partial charge in [-0.05, 0) is 36.6 Å². The van der Waals surface area contributed by atoms with Crippen LogP contribution in [0.3, 0.4) is 0 Å². The second-order valence-corrected chi connectivity index (χ2v) is 7.45. The van der Waals surface area contributed by atoms with E-state index in [1.54, 1.807) is 31.3 Å². The van der Waals surface area contributed by atoms with Crippen LogP contribution in [0.1, 0.15) is 34.7 Å². The van der Waals surface area contributed by atoms with Crippen LogP contribution in [0, 0.1) is 13.8 Å². The number of carbonyl (C=O) groups excluding carboxylic acids is 1. The van der Waals surface area contributed by atoms with Crippen molar-refractivity contribution in [2.75, 3.05) is 5.32 Å². The van der Waals surface area contributed by atoms with E-state index in [0.29, 0.717) is 17.7 Å². The van der Waals surface area contributed by atoms with Crippen LogP contribution in [0.25, 0.3) is 0 Å². The number of carboxylic acid groups (broad SMARTS) is 1. The Hall–Kier alpha value is -3.87. The van der Waals surface area contributed by atoms with Crippen LogP contribution in [-0.2, 0) is 11.3 Å². The fourth-order valence-electron chi connectivity index (χ4n) is 3.26. The third-order valence-corrected chi connectivity index (χ3v) is 4.97. The van der Waals surface area contributed by atoms with E-state index in [9.17, 15) is 19.5 Å². The van der Waals surface area contributed by atoms with Crippen LogP contribution in [0.5, 0.6) is 0 Å². The Morgan fingerprint density at radius 3 is 2.32 bits per heavy atom. The Balaban J connectivity index is 1.79. The number of rotatable bonds is 7. The van der Waals surface area contributed by atoms with Gasteiger partial charge < -0.3 is 20.3 Å². The largest absolute Gasteiger partial charge is 0.481 e. The van der Waals surface area contributed by atoms with E-state index in [1.807, 2.05) is 49.4 Å². The van der Waals surface area contributed by atoms with Gasteiger partial charge in [-0.3, -0.25) is 9.59 Å². The van der Waals surface area contributed by atoms with E-state index < -0.39 is 18.0 Å². The summed E-state index contributed by atoms with van der Waals surface area (Å²) >= 11 is 0. The molecule has 3 rings (SSSR count). The third-order valence-electron chi connectivity index (χ3n) is 4.97. The third kappa shape index (κ3) is 5.82. The highest BCUT2D eigenvalue weighted by molar-refractivity contribution is 5.90. The van der Waals surface area contributed by atoms with Gasteiger partial charge in [-0.2, -0.15) is 0 Å². The minimum atomic E-state index is -1.04. The Morgan fingerprint density at radius 1 is 1.00 bits per heavy atom. The number of aromatic nitrogens is 1. The van der Waals surface area contributed by atoms with Gasteiger partial charge in [-0.1, -0.05) is 60.2 Å². The number of carboxylic acids is 1. The first-order chi connectivity index (χ1) is 14.8. The normalized spacial score (nSPS) is 11.5. The molecule has 0 aliphatic heterocycles. The number of amides is 2. The Bertz CT molecular complexity index is 1120.